The maximum Gasteiger partial charge on any atom is 0.254 e. The van der Waals surface area contributed by atoms with E-state index in [-0.39, 0.29) is 30.3 Å². The predicted molar refractivity (Wildman–Crippen MR) is 113 cm³/mol. The van der Waals surface area contributed by atoms with Gasteiger partial charge in [-0.1, -0.05) is 30.5 Å². The van der Waals surface area contributed by atoms with Crippen molar-refractivity contribution in [2.75, 3.05) is 19.6 Å². The Morgan fingerprint density at radius 2 is 1.90 bits per heavy atom. The Hall–Kier alpha value is -2.08. The number of likely N-dealkylation sites (N-methyl/N-ethyl adjacent to an activating group) is 1. The third kappa shape index (κ3) is 4.74. The molecule has 1 aromatic rings. The van der Waals surface area contributed by atoms with E-state index in [1.165, 1.54) is 0 Å². The summed E-state index contributed by atoms with van der Waals surface area (Å²) in [5.74, 6) is -0.167. The van der Waals surface area contributed by atoms with Crippen molar-refractivity contribution in [2.45, 2.75) is 58.0 Å². The van der Waals surface area contributed by atoms with Gasteiger partial charge in [0.25, 0.3) is 5.91 Å². The smallest absolute Gasteiger partial charge is 0.254 e. The molecule has 2 aliphatic rings. The monoisotopic (exact) mass is 419 g/mol. The van der Waals surface area contributed by atoms with Gasteiger partial charge in [-0.05, 0) is 57.2 Å². The minimum absolute atomic E-state index is 0.0362. The lowest BCUT2D eigenvalue weighted by atomic mass is 9.84. The first-order valence-corrected chi connectivity index (χ1v) is 11.0. The molecular weight excluding hydrogens is 390 g/mol. The first-order chi connectivity index (χ1) is 14.0. The van der Waals surface area contributed by atoms with Crippen LogP contribution < -0.4 is 5.32 Å². The molecule has 29 heavy (non-hydrogen) atoms. The molecular formula is C22H30ClN3O3. The van der Waals surface area contributed by atoms with Gasteiger partial charge in [0.1, 0.15) is 6.04 Å². The van der Waals surface area contributed by atoms with E-state index in [1.54, 1.807) is 34.1 Å². The van der Waals surface area contributed by atoms with Gasteiger partial charge in [0.05, 0.1) is 6.54 Å². The number of benzene rings is 1. The van der Waals surface area contributed by atoms with Crippen LogP contribution in [0.1, 0.15) is 56.3 Å². The van der Waals surface area contributed by atoms with Crippen molar-refractivity contribution < 1.29 is 14.4 Å². The SMILES string of the molecule is CCN(CC)C(=O)CNC(=O)C1CC2CCCCC2N1C(=O)c1cccc(Cl)c1. The normalized spacial score (nSPS) is 23.4. The number of amides is 3. The first-order valence-electron chi connectivity index (χ1n) is 10.6. The molecule has 3 unspecified atom stereocenters. The number of halogens is 1. The summed E-state index contributed by atoms with van der Waals surface area (Å²) in [6.07, 6.45) is 4.80. The highest BCUT2D eigenvalue weighted by atomic mass is 35.5. The van der Waals surface area contributed by atoms with Crippen molar-refractivity contribution in [3.8, 4) is 0 Å². The molecule has 3 amide bonds. The largest absolute Gasteiger partial charge is 0.345 e. The quantitative estimate of drug-likeness (QED) is 0.770. The van der Waals surface area contributed by atoms with Crippen molar-refractivity contribution in [1.29, 1.82) is 0 Å². The summed E-state index contributed by atoms with van der Waals surface area (Å²) in [5.41, 5.74) is 0.501. The number of nitrogens with zero attached hydrogens (tertiary/aromatic N) is 2. The number of fused-ring (bicyclic) bond motifs is 1. The van der Waals surface area contributed by atoms with Gasteiger partial charge in [0.15, 0.2) is 0 Å². The second-order valence-electron chi connectivity index (χ2n) is 7.87. The number of likely N-dealkylation sites (tertiary alicyclic amines) is 1. The molecule has 0 spiro atoms. The van der Waals surface area contributed by atoms with E-state index in [0.717, 1.165) is 25.7 Å². The molecule has 1 aliphatic carbocycles. The molecule has 2 fully saturated rings. The molecule has 0 bridgehead atoms. The van der Waals surface area contributed by atoms with E-state index in [4.69, 9.17) is 11.6 Å². The van der Waals surface area contributed by atoms with Gasteiger partial charge in [-0.2, -0.15) is 0 Å². The number of hydrogen-bond donors (Lipinski definition) is 1. The number of rotatable bonds is 6. The van der Waals surface area contributed by atoms with Crippen molar-refractivity contribution in [1.82, 2.24) is 15.1 Å². The van der Waals surface area contributed by atoms with Crippen LogP contribution in [0, 0.1) is 5.92 Å². The van der Waals surface area contributed by atoms with E-state index in [1.807, 2.05) is 13.8 Å². The van der Waals surface area contributed by atoms with Crippen molar-refractivity contribution in [2.24, 2.45) is 5.92 Å². The Labute approximate surface area is 177 Å². The zero-order chi connectivity index (χ0) is 21.0. The Kier molecular flexibility index (Phi) is 7.17. The van der Waals surface area contributed by atoms with Crippen LogP contribution in [0.3, 0.4) is 0 Å². The second kappa shape index (κ2) is 9.61. The highest BCUT2D eigenvalue weighted by Gasteiger charge is 2.47. The Balaban J connectivity index is 1.77. The first kappa shape index (κ1) is 21.6. The summed E-state index contributed by atoms with van der Waals surface area (Å²) in [6.45, 7) is 5.01. The van der Waals surface area contributed by atoms with Crippen LogP contribution in [0.4, 0.5) is 0 Å². The summed E-state index contributed by atoms with van der Waals surface area (Å²) >= 11 is 6.08. The predicted octanol–water partition coefficient (Wildman–Crippen LogP) is 3.10. The van der Waals surface area contributed by atoms with E-state index < -0.39 is 6.04 Å². The molecule has 0 radical (unpaired) electrons. The molecule has 1 aliphatic heterocycles. The van der Waals surface area contributed by atoms with Crippen molar-refractivity contribution in [3.63, 3.8) is 0 Å². The van der Waals surface area contributed by atoms with Crippen LogP contribution in [0.2, 0.25) is 5.02 Å². The number of hydrogen-bond acceptors (Lipinski definition) is 3. The average molecular weight is 420 g/mol. The van der Waals surface area contributed by atoms with E-state index in [2.05, 4.69) is 5.32 Å². The fourth-order valence-corrected chi connectivity index (χ4v) is 4.92. The maximum atomic E-state index is 13.3. The van der Waals surface area contributed by atoms with Crippen molar-refractivity contribution in [3.05, 3.63) is 34.9 Å². The maximum absolute atomic E-state index is 13.3. The van der Waals surface area contributed by atoms with E-state index in [9.17, 15) is 14.4 Å². The summed E-state index contributed by atoms with van der Waals surface area (Å²) in [6, 6.07) is 6.40. The van der Waals surface area contributed by atoms with E-state index in [0.29, 0.717) is 36.0 Å². The van der Waals surface area contributed by atoms with Gasteiger partial charge >= 0.3 is 0 Å². The molecule has 3 atom stereocenters. The van der Waals surface area contributed by atoms with Crippen LogP contribution in [0.15, 0.2) is 24.3 Å². The van der Waals surface area contributed by atoms with Crippen molar-refractivity contribution >= 4 is 29.3 Å². The van der Waals surface area contributed by atoms with E-state index >= 15 is 0 Å². The minimum Gasteiger partial charge on any atom is -0.345 e. The summed E-state index contributed by atoms with van der Waals surface area (Å²) in [5, 5.41) is 3.28. The lowest BCUT2D eigenvalue weighted by Gasteiger charge is -2.33. The molecule has 1 N–H and O–H groups in total. The van der Waals surface area contributed by atoms with Crippen LogP contribution in [-0.2, 0) is 9.59 Å². The highest BCUT2D eigenvalue weighted by molar-refractivity contribution is 6.31. The molecule has 1 aromatic carbocycles. The standard InChI is InChI=1S/C22H30ClN3O3/c1-3-25(4-2)20(27)14-24-21(28)19-13-15-8-5-6-11-18(15)26(19)22(29)16-9-7-10-17(23)12-16/h7,9-10,12,15,18-19H,3-6,8,11,13-14H2,1-2H3,(H,24,28). The summed E-state index contributed by atoms with van der Waals surface area (Å²) in [4.78, 5) is 42.0. The third-order valence-electron chi connectivity index (χ3n) is 6.23. The van der Waals surface area contributed by atoms with Crippen LogP contribution in [0.25, 0.3) is 0 Å². The topological polar surface area (TPSA) is 69.7 Å². The molecule has 1 heterocycles. The molecule has 0 aromatic heterocycles. The van der Waals surface area contributed by atoms with Gasteiger partial charge in [0, 0.05) is 29.7 Å². The number of carbonyl (C=O) groups is 3. The summed E-state index contributed by atoms with van der Waals surface area (Å²) < 4.78 is 0. The van der Waals surface area contributed by atoms with Gasteiger partial charge in [-0.15, -0.1) is 0 Å². The molecule has 6 nitrogen and oxygen atoms in total. The highest BCUT2D eigenvalue weighted by Crippen LogP contribution is 2.40. The Morgan fingerprint density at radius 3 is 2.59 bits per heavy atom. The molecule has 1 saturated heterocycles. The van der Waals surface area contributed by atoms with Gasteiger partial charge < -0.3 is 15.1 Å². The zero-order valence-electron chi connectivity index (χ0n) is 17.2. The molecule has 1 saturated carbocycles. The molecule has 3 rings (SSSR count). The number of nitrogens with one attached hydrogen (secondary N) is 1. The minimum atomic E-state index is -0.543. The lowest BCUT2D eigenvalue weighted by Crippen LogP contribution is -2.51. The average Bonchev–Trinajstić information content (AvgIpc) is 3.12. The fraction of sp³-hybridized carbons (Fsp3) is 0.591. The van der Waals surface area contributed by atoms with Gasteiger partial charge in [-0.25, -0.2) is 0 Å². The lowest BCUT2D eigenvalue weighted by molar-refractivity contribution is -0.133. The molecule has 7 heteroatoms. The number of carbonyl (C=O) groups excluding carboxylic acids is 3. The zero-order valence-corrected chi connectivity index (χ0v) is 18.0. The molecule has 158 valence electrons. The van der Waals surface area contributed by atoms with Crippen LogP contribution in [0.5, 0.6) is 0 Å². The van der Waals surface area contributed by atoms with Crippen LogP contribution >= 0.6 is 11.6 Å². The second-order valence-corrected chi connectivity index (χ2v) is 8.31. The summed E-state index contributed by atoms with van der Waals surface area (Å²) in [7, 11) is 0. The van der Waals surface area contributed by atoms with Gasteiger partial charge in [0.2, 0.25) is 11.8 Å². The third-order valence-corrected chi connectivity index (χ3v) is 6.46. The fourth-order valence-electron chi connectivity index (χ4n) is 4.73. The Morgan fingerprint density at radius 1 is 1.17 bits per heavy atom. The van der Waals surface area contributed by atoms with Crippen LogP contribution in [-0.4, -0.2) is 59.2 Å². The Bertz CT molecular complexity index is 765. The van der Waals surface area contributed by atoms with Gasteiger partial charge in [-0.3, -0.25) is 14.4 Å².